The summed E-state index contributed by atoms with van der Waals surface area (Å²) in [7, 11) is 1.64. The predicted octanol–water partition coefficient (Wildman–Crippen LogP) is 1.99. The van der Waals surface area contributed by atoms with Crippen LogP contribution < -0.4 is 10.6 Å². The number of methoxy groups -OCH3 is 1. The first-order chi connectivity index (χ1) is 9.24. The van der Waals surface area contributed by atoms with Crippen molar-refractivity contribution in [1.29, 1.82) is 0 Å². The molecule has 6 nitrogen and oxygen atoms in total. The van der Waals surface area contributed by atoms with Gasteiger partial charge in [-0.05, 0) is 24.7 Å². The summed E-state index contributed by atoms with van der Waals surface area (Å²) < 4.78 is 4.92. The van der Waals surface area contributed by atoms with Gasteiger partial charge in [0.2, 0.25) is 0 Å². The van der Waals surface area contributed by atoms with Gasteiger partial charge in [-0.3, -0.25) is 4.79 Å². The van der Waals surface area contributed by atoms with Gasteiger partial charge in [-0.15, -0.1) is 0 Å². The number of carbonyl (C=O) groups excluding carboxylic acids is 1. The van der Waals surface area contributed by atoms with Crippen molar-refractivity contribution < 1.29 is 19.4 Å². The molecule has 0 saturated carbocycles. The maximum atomic E-state index is 11.7. The Bertz CT molecular complexity index is 300. The van der Waals surface area contributed by atoms with Crippen LogP contribution in [0.3, 0.4) is 0 Å². The van der Waals surface area contributed by atoms with Crippen molar-refractivity contribution in [1.82, 2.24) is 10.6 Å². The van der Waals surface area contributed by atoms with Gasteiger partial charge in [-0.2, -0.15) is 0 Å². The van der Waals surface area contributed by atoms with Crippen LogP contribution in [0.15, 0.2) is 0 Å². The predicted molar refractivity (Wildman–Crippen MR) is 77.8 cm³/mol. The van der Waals surface area contributed by atoms with Crippen LogP contribution in [-0.2, 0) is 9.53 Å². The lowest BCUT2D eigenvalue weighted by Gasteiger charge is -2.25. The van der Waals surface area contributed by atoms with E-state index in [0.29, 0.717) is 19.6 Å². The lowest BCUT2D eigenvalue weighted by molar-refractivity contribution is -0.137. The number of carbonyl (C=O) groups is 2. The fraction of sp³-hybridized carbons (Fsp3) is 0.857. The second kappa shape index (κ2) is 9.58. The Morgan fingerprint density at radius 1 is 1.25 bits per heavy atom. The SMILES string of the molecule is COCCCCNC(=O)NC(CC(=O)O)CC(C)(C)C. The van der Waals surface area contributed by atoms with Crippen molar-refractivity contribution >= 4 is 12.0 Å². The van der Waals surface area contributed by atoms with E-state index in [1.807, 2.05) is 20.8 Å². The molecular weight excluding hydrogens is 260 g/mol. The summed E-state index contributed by atoms with van der Waals surface area (Å²) in [6.45, 7) is 7.30. The monoisotopic (exact) mass is 288 g/mol. The first-order valence-corrected chi connectivity index (χ1v) is 6.99. The van der Waals surface area contributed by atoms with Crippen LogP contribution in [0.4, 0.5) is 4.79 Å². The Kier molecular flexibility index (Phi) is 8.96. The number of hydrogen-bond acceptors (Lipinski definition) is 3. The molecule has 0 radical (unpaired) electrons. The summed E-state index contributed by atoms with van der Waals surface area (Å²) in [5.41, 5.74) is -0.0359. The van der Waals surface area contributed by atoms with Crippen molar-refractivity contribution in [2.24, 2.45) is 5.41 Å². The number of unbranched alkanes of at least 4 members (excludes halogenated alkanes) is 1. The van der Waals surface area contributed by atoms with Crippen molar-refractivity contribution in [3.05, 3.63) is 0 Å². The smallest absolute Gasteiger partial charge is 0.315 e. The lowest BCUT2D eigenvalue weighted by atomic mass is 9.87. The van der Waals surface area contributed by atoms with Crippen LogP contribution >= 0.6 is 0 Å². The fourth-order valence-electron chi connectivity index (χ4n) is 1.93. The number of rotatable bonds is 9. The van der Waals surface area contributed by atoms with E-state index in [2.05, 4.69) is 10.6 Å². The molecule has 0 aliphatic carbocycles. The second-order valence-corrected chi connectivity index (χ2v) is 6.16. The average Bonchev–Trinajstić information content (AvgIpc) is 2.25. The highest BCUT2D eigenvalue weighted by Crippen LogP contribution is 2.22. The minimum atomic E-state index is -0.903. The van der Waals surface area contributed by atoms with Crippen molar-refractivity contribution in [3.8, 4) is 0 Å². The molecule has 1 atom stereocenters. The Labute approximate surface area is 121 Å². The number of nitrogens with one attached hydrogen (secondary N) is 2. The zero-order valence-corrected chi connectivity index (χ0v) is 13.0. The number of urea groups is 1. The second-order valence-electron chi connectivity index (χ2n) is 6.16. The molecule has 0 spiro atoms. The molecule has 0 fully saturated rings. The van der Waals surface area contributed by atoms with Crippen LogP contribution in [0.5, 0.6) is 0 Å². The highest BCUT2D eigenvalue weighted by molar-refractivity contribution is 5.75. The van der Waals surface area contributed by atoms with E-state index in [-0.39, 0.29) is 23.9 Å². The van der Waals surface area contributed by atoms with E-state index in [0.717, 1.165) is 12.8 Å². The number of carboxylic acids is 1. The summed E-state index contributed by atoms with van der Waals surface area (Å²) in [4.78, 5) is 22.5. The molecule has 3 N–H and O–H groups in total. The highest BCUT2D eigenvalue weighted by atomic mass is 16.5. The van der Waals surface area contributed by atoms with Crippen LogP contribution in [0.1, 0.15) is 46.5 Å². The molecule has 1 unspecified atom stereocenters. The Morgan fingerprint density at radius 2 is 1.90 bits per heavy atom. The standard InChI is InChI=1S/C14H28N2O4/c1-14(2,3)10-11(9-12(17)18)16-13(19)15-7-5-6-8-20-4/h11H,5-10H2,1-4H3,(H,17,18)(H2,15,16,19). The Morgan fingerprint density at radius 3 is 2.40 bits per heavy atom. The summed E-state index contributed by atoms with van der Waals surface area (Å²) in [5.74, 6) is -0.903. The minimum absolute atomic E-state index is 0.0359. The molecule has 6 heteroatoms. The third kappa shape index (κ3) is 11.8. The van der Waals surface area contributed by atoms with Gasteiger partial charge in [0.25, 0.3) is 0 Å². The van der Waals surface area contributed by atoms with Crippen molar-refractivity contribution in [3.63, 3.8) is 0 Å². The summed E-state index contributed by atoms with van der Waals surface area (Å²) in [6.07, 6.45) is 2.28. The zero-order chi connectivity index (χ0) is 15.6. The number of amides is 2. The van der Waals surface area contributed by atoms with Gasteiger partial charge in [0, 0.05) is 26.3 Å². The Balaban J connectivity index is 4.08. The topological polar surface area (TPSA) is 87.7 Å². The lowest BCUT2D eigenvalue weighted by Crippen LogP contribution is -2.44. The van der Waals surface area contributed by atoms with E-state index in [1.54, 1.807) is 7.11 Å². The molecule has 20 heavy (non-hydrogen) atoms. The van der Waals surface area contributed by atoms with Crippen LogP contribution in [0.25, 0.3) is 0 Å². The highest BCUT2D eigenvalue weighted by Gasteiger charge is 2.22. The molecule has 0 heterocycles. The number of aliphatic carboxylic acids is 1. The van der Waals surface area contributed by atoms with Crippen LogP contribution in [0, 0.1) is 5.41 Å². The maximum absolute atomic E-state index is 11.7. The maximum Gasteiger partial charge on any atom is 0.315 e. The van der Waals surface area contributed by atoms with Gasteiger partial charge in [-0.25, -0.2) is 4.79 Å². The third-order valence-corrected chi connectivity index (χ3v) is 2.68. The summed E-state index contributed by atoms with van der Waals surface area (Å²) >= 11 is 0. The molecule has 0 rings (SSSR count). The van der Waals surface area contributed by atoms with E-state index >= 15 is 0 Å². The normalized spacial score (nSPS) is 12.8. The van der Waals surface area contributed by atoms with Gasteiger partial charge in [-0.1, -0.05) is 20.8 Å². The quantitative estimate of drug-likeness (QED) is 0.566. The van der Waals surface area contributed by atoms with E-state index in [1.165, 1.54) is 0 Å². The van der Waals surface area contributed by atoms with Gasteiger partial charge in [0.1, 0.15) is 0 Å². The van der Waals surface area contributed by atoms with Gasteiger partial charge < -0.3 is 20.5 Å². The molecule has 0 aromatic carbocycles. The first-order valence-electron chi connectivity index (χ1n) is 6.99. The molecule has 0 aromatic heterocycles. The number of carboxylic acid groups (broad SMARTS) is 1. The minimum Gasteiger partial charge on any atom is -0.481 e. The van der Waals surface area contributed by atoms with Crippen LogP contribution in [0.2, 0.25) is 0 Å². The largest absolute Gasteiger partial charge is 0.481 e. The van der Waals surface area contributed by atoms with Gasteiger partial charge in [0.05, 0.1) is 6.42 Å². The molecule has 0 aliphatic heterocycles. The Hall–Kier alpha value is -1.30. The molecular formula is C14H28N2O4. The molecule has 0 aliphatic rings. The third-order valence-electron chi connectivity index (χ3n) is 2.68. The zero-order valence-electron chi connectivity index (χ0n) is 13.0. The van der Waals surface area contributed by atoms with Crippen molar-refractivity contribution in [2.75, 3.05) is 20.3 Å². The first kappa shape index (κ1) is 18.7. The van der Waals surface area contributed by atoms with Crippen molar-refractivity contribution in [2.45, 2.75) is 52.5 Å². The molecule has 0 saturated heterocycles. The van der Waals surface area contributed by atoms with E-state index < -0.39 is 5.97 Å². The van der Waals surface area contributed by atoms with Gasteiger partial charge >= 0.3 is 12.0 Å². The van der Waals surface area contributed by atoms with Gasteiger partial charge in [0.15, 0.2) is 0 Å². The number of ether oxygens (including phenoxy) is 1. The van der Waals surface area contributed by atoms with E-state index in [4.69, 9.17) is 9.84 Å². The van der Waals surface area contributed by atoms with Crippen LogP contribution in [-0.4, -0.2) is 43.4 Å². The molecule has 0 bridgehead atoms. The number of hydrogen-bond donors (Lipinski definition) is 3. The summed E-state index contributed by atoms with van der Waals surface area (Å²) in [6, 6.07) is -0.663. The fourth-order valence-corrected chi connectivity index (χ4v) is 1.93. The molecule has 2 amide bonds. The van der Waals surface area contributed by atoms with E-state index in [9.17, 15) is 9.59 Å². The molecule has 0 aromatic rings. The average molecular weight is 288 g/mol. The molecule has 118 valence electrons. The summed E-state index contributed by atoms with van der Waals surface area (Å²) in [5, 5.41) is 14.3.